The Morgan fingerprint density at radius 2 is 1.70 bits per heavy atom. The van der Waals surface area contributed by atoms with Gasteiger partial charge in [0.2, 0.25) is 5.82 Å². The van der Waals surface area contributed by atoms with Crippen molar-refractivity contribution in [2.45, 2.75) is 31.0 Å². The molecule has 0 saturated heterocycles. The van der Waals surface area contributed by atoms with E-state index >= 15 is 0 Å². The molecule has 0 radical (unpaired) electrons. The normalized spacial score (nSPS) is 12.8. The van der Waals surface area contributed by atoms with Crippen LogP contribution in [0.2, 0.25) is 0 Å². The van der Waals surface area contributed by atoms with Gasteiger partial charge in [0, 0.05) is 7.11 Å². The molecule has 0 unspecified atom stereocenters. The van der Waals surface area contributed by atoms with Gasteiger partial charge in [-0.3, -0.25) is 4.57 Å². The number of aromatic nitrogens is 3. The Labute approximate surface area is 232 Å². The van der Waals surface area contributed by atoms with Crippen molar-refractivity contribution in [2.75, 3.05) is 21.3 Å². The van der Waals surface area contributed by atoms with Crippen LogP contribution >= 0.6 is 0 Å². The van der Waals surface area contributed by atoms with Gasteiger partial charge in [-0.1, -0.05) is 12.1 Å². The fraction of sp³-hybridized carbons (Fsp3) is 0.286. The first-order chi connectivity index (χ1) is 19.2. The monoisotopic (exact) mass is 561 g/mol. The molecule has 12 heteroatoms. The molecule has 4 rings (SSSR count). The molecule has 2 heterocycles. The van der Waals surface area contributed by atoms with Crippen molar-refractivity contribution in [1.82, 2.24) is 14.8 Å². The maximum Gasteiger partial charge on any atom is 0.204 e. The Kier molecular flexibility index (Phi) is 8.24. The molecule has 2 aromatic carbocycles. The van der Waals surface area contributed by atoms with E-state index in [2.05, 4.69) is 10.2 Å². The Balaban J connectivity index is 1.83. The summed E-state index contributed by atoms with van der Waals surface area (Å²) in [6.45, 7) is 3.29. The number of hydrogen-bond acceptors (Lipinski definition) is 10. The molecule has 0 spiro atoms. The van der Waals surface area contributed by atoms with Gasteiger partial charge in [0.05, 0.1) is 48.8 Å². The van der Waals surface area contributed by atoms with Gasteiger partial charge in [-0.2, -0.15) is 10.5 Å². The number of aryl methyl sites for hydroxylation is 1. The summed E-state index contributed by atoms with van der Waals surface area (Å²) in [4.78, 5) is 0. The number of rotatable bonds is 10. The van der Waals surface area contributed by atoms with Gasteiger partial charge >= 0.3 is 0 Å². The Morgan fingerprint density at radius 3 is 2.25 bits per heavy atom. The lowest BCUT2D eigenvalue weighted by Gasteiger charge is -2.24. The average molecular weight is 562 g/mol. The van der Waals surface area contributed by atoms with Gasteiger partial charge in [-0.05, 0) is 55.8 Å². The van der Waals surface area contributed by atoms with Crippen molar-refractivity contribution in [1.29, 1.82) is 10.5 Å². The summed E-state index contributed by atoms with van der Waals surface area (Å²) >= 11 is 0. The lowest BCUT2D eigenvalue weighted by molar-refractivity contribution is 0.102. The maximum atomic E-state index is 13.9. The smallest absolute Gasteiger partial charge is 0.204 e. The molecule has 0 saturated carbocycles. The van der Waals surface area contributed by atoms with Crippen LogP contribution in [0.1, 0.15) is 41.3 Å². The van der Waals surface area contributed by atoms with Crippen molar-refractivity contribution in [3.8, 4) is 40.9 Å². The highest BCUT2D eigenvalue weighted by molar-refractivity contribution is 7.91. The molecule has 2 atom stereocenters. The summed E-state index contributed by atoms with van der Waals surface area (Å²) in [5.74, 6) is 1.64. The van der Waals surface area contributed by atoms with Crippen molar-refractivity contribution in [2.24, 2.45) is 0 Å². The minimum atomic E-state index is -3.98. The van der Waals surface area contributed by atoms with Crippen LogP contribution in [0.5, 0.6) is 11.5 Å². The summed E-state index contributed by atoms with van der Waals surface area (Å²) in [5, 5.41) is 26.3. The third-order valence-electron chi connectivity index (χ3n) is 6.50. The Bertz CT molecular complexity index is 1710. The van der Waals surface area contributed by atoms with Crippen molar-refractivity contribution >= 4 is 9.84 Å². The number of sulfone groups is 1. The highest BCUT2D eigenvalue weighted by Gasteiger charge is 2.35. The van der Waals surface area contributed by atoms with Gasteiger partial charge in [-0.15, -0.1) is 10.2 Å². The highest BCUT2D eigenvalue weighted by atomic mass is 32.2. The van der Waals surface area contributed by atoms with Crippen LogP contribution in [0, 0.1) is 29.6 Å². The molecular weight excluding hydrogens is 534 g/mol. The number of nitrogens with zero attached hydrogens (tertiary/aromatic N) is 5. The van der Waals surface area contributed by atoms with E-state index in [0.29, 0.717) is 34.3 Å². The van der Waals surface area contributed by atoms with E-state index in [4.69, 9.17) is 18.6 Å². The summed E-state index contributed by atoms with van der Waals surface area (Å²) in [5.41, 5.74) is 1.21. The van der Waals surface area contributed by atoms with Gasteiger partial charge in [-0.25, -0.2) is 8.42 Å². The van der Waals surface area contributed by atoms with E-state index in [0.717, 1.165) is 0 Å². The minimum absolute atomic E-state index is 0.0916. The van der Waals surface area contributed by atoms with Crippen LogP contribution in [0.25, 0.3) is 17.3 Å². The summed E-state index contributed by atoms with van der Waals surface area (Å²) in [6, 6.07) is 17.1. The molecule has 0 aliphatic rings. The maximum absolute atomic E-state index is 13.9. The van der Waals surface area contributed by atoms with E-state index in [9.17, 15) is 18.9 Å². The first-order valence-corrected chi connectivity index (χ1v) is 13.8. The largest absolute Gasteiger partial charge is 0.494 e. The van der Waals surface area contributed by atoms with Gasteiger partial charge in [0.25, 0.3) is 0 Å². The van der Waals surface area contributed by atoms with E-state index < -0.39 is 26.9 Å². The zero-order chi connectivity index (χ0) is 29.0. The Hall–Kier alpha value is -4.65. The lowest BCUT2D eigenvalue weighted by Crippen LogP contribution is -2.29. The molecular formula is C28H27N5O6S. The molecule has 0 amide bonds. The van der Waals surface area contributed by atoms with Crippen molar-refractivity contribution in [3.63, 3.8) is 0 Å². The second-order valence-corrected chi connectivity index (χ2v) is 11.2. The standard InChI is InChI=1S/C28H27N5O6S/c1-17-9-12-24(39-17)28-32-31-25(33(28)26-22(36-3)7-6-8-23(26)37-4)16-40(34,35)18(2)27(38-5)21-11-10-19(14-29)13-20(21)15-30/h6-13,18,27H,16H2,1-5H3/t18-,27-/m0/s1. The molecule has 0 aliphatic carbocycles. The predicted molar refractivity (Wildman–Crippen MR) is 145 cm³/mol. The van der Waals surface area contributed by atoms with Gasteiger partial charge in [0.1, 0.15) is 28.7 Å². The first kappa shape index (κ1) is 28.4. The van der Waals surface area contributed by atoms with E-state index in [1.807, 2.05) is 12.1 Å². The second-order valence-electron chi connectivity index (χ2n) is 8.89. The number of nitriles is 2. The number of ether oxygens (including phenoxy) is 3. The van der Waals surface area contributed by atoms with E-state index in [1.165, 1.54) is 46.5 Å². The molecule has 11 nitrogen and oxygen atoms in total. The number of benzene rings is 2. The summed E-state index contributed by atoms with van der Waals surface area (Å²) in [7, 11) is 0.372. The molecule has 206 valence electrons. The molecule has 0 N–H and O–H groups in total. The van der Waals surface area contributed by atoms with E-state index in [1.54, 1.807) is 41.8 Å². The van der Waals surface area contributed by atoms with Crippen molar-refractivity contribution in [3.05, 3.63) is 76.8 Å². The molecule has 0 aliphatic heterocycles. The fourth-order valence-electron chi connectivity index (χ4n) is 4.45. The Morgan fingerprint density at radius 1 is 1.00 bits per heavy atom. The fourth-order valence-corrected chi connectivity index (χ4v) is 5.90. The minimum Gasteiger partial charge on any atom is -0.494 e. The van der Waals surface area contributed by atoms with Gasteiger partial charge in [0.15, 0.2) is 21.4 Å². The topological polar surface area (TPSA) is 153 Å². The molecule has 2 aromatic heterocycles. The highest BCUT2D eigenvalue weighted by Crippen LogP contribution is 2.38. The third-order valence-corrected chi connectivity index (χ3v) is 8.54. The number of para-hydroxylation sites is 1. The number of furan rings is 1. The molecule has 40 heavy (non-hydrogen) atoms. The quantitative estimate of drug-likeness (QED) is 0.274. The van der Waals surface area contributed by atoms with Crippen LogP contribution in [-0.2, 0) is 20.3 Å². The second kappa shape index (κ2) is 11.6. The van der Waals surface area contributed by atoms with E-state index in [-0.39, 0.29) is 22.8 Å². The zero-order valence-electron chi connectivity index (χ0n) is 22.6. The van der Waals surface area contributed by atoms with Crippen LogP contribution < -0.4 is 9.47 Å². The van der Waals surface area contributed by atoms with Gasteiger partial charge < -0.3 is 18.6 Å². The van der Waals surface area contributed by atoms with Crippen LogP contribution in [0.3, 0.4) is 0 Å². The predicted octanol–water partition coefficient (Wildman–Crippen LogP) is 4.29. The summed E-state index contributed by atoms with van der Waals surface area (Å²) in [6.07, 6.45) is -0.989. The first-order valence-electron chi connectivity index (χ1n) is 12.1. The lowest BCUT2D eigenvalue weighted by atomic mass is 9.99. The SMILES string of the molecule is COc1cccc(OC)c1-n1c(CS(=O)(=O)[C@@H](C)[C@H](OC)c2ccc(C#N)cc2C#N)nnc1-c1ccc(C)o1. The average Bonchev–Trinajstić information content (AvgIpc) is 3.58. The van der Waals surface area contributed by atoms with Crippen LogP contribution in [-0.4, -0.2) is 49.8 Å². The third kappa shape index (κ3) is 5.27. The van der Waals surface area contributed by atoms with Crippen LogP contribution in [0.4, 0.5) is 0 Å². The van der Waals surface area contributed by atoms with Crippen molar-refractivity contribution < 1.29 is 27.0 Å². The zero-order valence-corrected chi connectivity index (χ0v) is 23.4. The number of methoxy groups -OCH3 is 3. The van der Waals surface area contributed by atoms with Crippen LogP contribution in [0.15, 0.2) is 52.9 Å². The molecule has 4 aromatic rings. The summed E-state index contributed by atoms with van der Waals surface area (Å²) < 4.78 is 51.8. The molecule has 0 fully saturated rings. The number of hydrogen-bond donors (Lipinski definition) is 0. The molecule has 0 bridgehead atoms.